The van der Waals surface area contributed by atoms with E-state index in [2.05, 4.69) is 4.98 Å². The number of carbonyl (C=O) groups is 1. The second-order valence-electron chi connectivity index (χ2n) is 5.15. The minimum absolute atomic E-state index is 0. The second kappa shape index (κ2) is 6.98. The van der Waals surface area contributed by atoms with Gasteiger partial charge in [-0.05, 0) is 19.1 Å². The Balaban J connectivity index is 0.00000225. The molecule has 0 saturated carbocycles. The SMILES string of the molecule is CCn1cc(C(=O)O)c(=O)c2cc(F)c(-c3cccnc3)c(F)c21.Cl. The van der Waals surface area contributed by atoms with E-state index in [0.29, 0.717) is 0 Å². The highest BCUT2D eigenvalue weighted by Crippen LogP contribution is 2.30. The van der Waals surface area contributed by atoms with Gasteiger partial charge >= 0.3 is 5.97 Å². The van der Waals surface area contributed by atoms with Gasteiger partial charge in [-0.15, -0.1) is 12.4 Å². The summed E-state index contributed by atoms with van der Waals surface area (Å²) in [6, 6.07) is 3.92. The van der Waals surface area contributed by atoms with Gasteiger partial charge in [-0.25, -0.2) is 13.6 Å². The minimum atomic E-state index is -1.44. The zero-order valence-corrected chi connectivity index (χ0v) is 13.8. The first-order valence-corrected chi connectivity index (χ1v) is 7.14. The van der Waals surface area contributed by atoms with Crippen LogP contribution < -0.4 is 5.43 Å². The Morgan fingerprint density at radius 2 is 2.08 bits per heavy atom. The summed E-state index contributed by atoms with van der Waals surface area (Å²) >= 11 is 0. The highest BCUT2D eigenvalue weighted by molar-refractivity contribution is 5.94. The molecule has 25 heavy (non-hydrogen) atoms. The molecule has 5 nitrogen and oxygen atoms in total. The van der Waals surface area contributed by atoms with Crippen LogP contribution in [-0.4, -0.2) is 20.6 Å². The summed E-state index contributed by atoms with van der Waals surface area (Å²) in [4.78, 5) is 27.3. The number of aryl methyl sites for hydroxylation is 1. The van der Waals surface area contributed by atoms with E-state index in [0.717, 1.165) is 12.3 Å². The van der Waals surface area contributed by atoms with Crippen molar-refractivity contribution in [2.45, 2.75) is 13.5 Å². The van der Waals surface area contributed by atoms with E-state index in [1.54, 1.807) is 13.0 Å². The maximum absolute atomic E-state index is 15.0. The van der Waals surface area contributed by atoms with Crippen molar-refractivity contribution in [2.24, 2.45) is 0 Å². The molecule has 0 saturated heterocycles. The zero-order chi connectivity index (χ0) is 17.4. The number of pyridine rings is 2. The number of benzene rings is 1. The van der Waals surface area contributed by atoms with Crippen molar-refractivity contribution in [2.75, 3.05) is 0 Å². The molecule has 0 aliphatic heterocycles. The summed E-state index contributed by atoms with van der Waals surface area (Å²) in [7, 11) is 0. The van der Waals surface area contributed by atoms with E-state index in [9.17, 15) is 14.0 Å². The van der Waals surface area contributed by atoms with Crippen LogP contribution in [0, 0.1) is 11.6 Å². The van der Waals surface area contributed by atoms with Crippen molar-refractivity contribution >= 4 is 29.3 Å². The highest BCUT2D eigenvalue weighted by Gasteiger charge is 2.22. The summed E-state index contributed by atoms with van der Waals surface area (Å²) in [6.07, 6.45) is 3.86. The van der Waals surface area contributed by atoms with Crippen LogP contribution in [0.15, 0.2) is 41.6 Å². The summed E-state index contributed by atoms with van der Waals surface area (Å²) < 4.78 is 30.7. The molecule has 8 heteroatoms. The van der Waals surface area contributed by atoms with Gasteiger partial charge in [-0.3, -0.25) is 9.78 Å². The number of rotatable bonds is 3. The summed E-state index contributed by atoms with van der Waals surface area (Å²) in [5.41, 5.74) is -1.66. The maximum Gasteiger partial charge on any atom is 0.341 e. The Kier molecular flexibility index (Phi) is 5.18. The Bertz CT molecular complexity index is 1020. The molecule has 3 aromatic rings. The first-order chi connectivity index (χ1) is 11.5. The van der Waals surface area contributed by atoms with Gasteiger partial charge in [-0.1, -0.05) is 6.07 Å². The van der Waals surface area contributed by atoms with Crippen LogP contribution in [-0.2, 0) is 6.54 Å². The number of carboxylic acids is 1. The Hall–Kier alpha value is -2.80. The molecule has 1 aromatic carbocycles. The van der Waals surface area contributed by atoms with Crippen molar-refractivity contribution < 1.29 is 18.7 Å². The van der Waals surface area contributed by atoms with Gasteiger partial charge in [0.1, 0.15) is 11.4 Å². The lowest BCUT2D eigenvalue weighted by Crippen LogP contribution is -2.20. The third-order valence-corrected chi connectivity index (χ3v) is 3.78. The Morgan fingerprint density at radius 3 is 2.64 bits per heavy atom. The highest BCUT2D eigenvalue weighted by atomic mass is 35.5. The van der Waals surface area contributed by atoms with Crippen LogP contribution in [0.1, 0.15) is 17.3 Å². The van der Waals surface area contributed by atoms with Crippen LogP contribution >= 0.6 is 12.4 Å². The number of hydrogen-bond acceptors (Lipinski definition) is 3. The smallest absolute Gasteiger partial charge is 0.341 e. The average molecular weight is 367 g/mol. The molecule has 0 bridgehead atoms. The van der Waals surface area contributed by atoms with Crippen LogP contribution in [0.3, 0.4) is 0 Å². The zero-order valence-electron chi connectivity index (χ0n) is 13.0. The van der Waals surface area contributed by atoms with Crippen molar-refractivity contribution in [3.8, 4) is 11.1 Å². The van der Waals surface area contributed by atoms with E-state index < -0.39 is 28.6 Å². The minimum Gasteiger partial charge on any atom is -0.477 e. The molecule has 0 fully saturated rings. The molecule has 0 radical (unpaired) electrons. The molecule has 2 heterocycles. The van der Waals surface area contributed by atoms with Crippen LogP contribution in [0.4, 0.5) is 8.78 Å². The maximum atomic E-state index is 15.0. The molecule has 130 valence electrons. The molecule has 2 aromatic heterocycles. The van der Waals surface area contributed by atoms with Crippen molar-refractivity contribution in [1.82, 2.24) is 9.55 Å². The fourth-order valence-corrected chi connectivity index (χ4v) is 2.66. The quantitative estimate of drug-likeness (QED) is 0.770. The monoisotopic (exact) mass is 366 g/mol. The number of carboxylic acid groups (broad SMARTS) is 1. The van der Waals surface area contributed by atoms with Gasteiger partial charge in [0.15, 0.2) is 5.82 Å². The average Bonchev–Trinajstić information content (AvgIpc) is 2.56. The number of fused-ring (bicyclic) bond motifs is 1. The second-order valence-corrected chi connectivity index (χ2v) is 5.15. The molecule has 0 aliphatic carbocycles. The molecular weight excluding hydrogens is 354 g/mol. The van der Waals surface area contributed by atoms with Crippen molar-refractivity contribution in [3.63, 3.8) is 0 Å². The third kappa shape index (κ3) is 2.98. The van der Waals surface area contributed by atoms with Gasteiger partial charge < -0.3 is 9.67 Å². The molecule has 0 amide bonds. The third-order valence-electron chi connectivity index (χ3n) is 3.78. The number of hydrogen-bond donors (Lipinski definition) is 1. The molecule has 0 spiro atoms. The predicted octanol–water partition coefficient (Wildman–Crippen LogP) is 3.48. The van der Waals surface area contributed by atoms with E-state index in [1.165, 1.54) is 23.0 Å². The van der Waals surface area contributed by atoms with Crippen LogP contribution in [0.25, 0.3) is 22.0 Å². The number of halogens is 3. The fraction of sp³-hybridized carbons (Fsp3) is 0.118. The Morgan fingerprint density at radius 1 is 1.36 bits per heavy atom. The van der Waals surface area contributed by atoms with E-state index in [1.807, 2.05) is 0 Å². The molecule has 0 aliphatic rings. The first-order valence-electron chi connectivity index (χ1n) is 7.14. The van der Waals surface area contributed by atoms with Crippen LogP contribution in [0.5, 0.6) is 0 Å². The molecule has 0 atom stereocenters. The van der Waals surface area contributed by atoms with Crippen molar-refractivity contribution in [3.05, 3.63) is 64.2 Å². The summed E-state index contributed by atoms with van der Waals surface area (Å²) in [5.74, 6) is -3.31. The molecule has 1 N–H and O–H groups in total. The van der Waals surface area contributed by atoms with Gasteiger partial charge in [0.05, 0.1) is 16.5 Å². The van der Waals surface area contributed by atoms with Crippen molar-refractivity contribution in [1.29, 1.82) is 0 Å². The normalized spacial score (nSPS) is 10.5. The van der Waals surface area contributed by atoms with E-state index in [4.69, 9.17) is 5.11 Å². The standard InChI is InChI=1S/C17H12F2N2O3.ClH/c1-2-21-8-11(17(23)24)16(22)10-6-12(18)13(14(19)15(10)21)9-4-3-5-20-7-9;/h3-8H,2H2,1H3,(H,23,24);1H. The first kappa shape index (κ1) is 18.5. The van der Waals surface area contributed by atoms with Gasteiger partial charge in [0.25, 0.3) is 0 Å². The number of aromatic carboxylic acids is 1. The van der Waals surface area contributed by atoms with Gasteiger partial charge in [0.2, 0.25) is 5.43 Å². The summed E-state index contributed by atoms with van der Waals surface area (Å²) in [6.45, 7) is 1.88. The molecule has 0 unspecified atom stereocenters. The lowest BCUT2D eigenvalue weighted by Gasteiger charge is -2.14. The fourth-order valence-electron chi connectivity index (χ4n) is 2.66. The molecular formula is C17H13ClF2N2O3. The number of nitrogens with zero attached hydrogens (tertiary/aromatic N) is 2. The van der Waals surface area contributed by atoms with Gasteiger partial charge in [0, 0.05) is 30.7 Å². The summed E-state index contributed by atoms with van der Waals surface area (Å²) in [5, 5.41) is 8.80. The van der Waals surface area contributed by atoms with E-state index in [-0.39, 0.29) is 41.0 Å². The topological polar surface area (TPSA) is 72.2 Å². The van der Waals surface area contributed by atoms with E-state index >= 15 is 4.39 Å². The largest absolute Gasteiger partial charge is 0.477 e. The van der Waals surface area contributed by atoms with Gasteiger partial charge in [-0.2, -0.15) is 0 Å². The lowest BCUT2D eigenvalue weighted by atomic mass is 10.0. The number of aromatic nitrogens is 2. The lowest BCUT2D eigenvalue weighted by molar-refractivity contribution is 0.0695. The Labute approximate surface area is 147 Å². The predicted molar refractivity (Wildman–Crippen MR) is 91.2 cm³/mol. The molecule has 3 rings (SSSR count). The van der Waals surface area contributed by atoms with Crippen LogP contribution in [0.2, 0.25) is 0 Å².